The van der Waals surface area contributed by atoms with Crippen molar-refractivity contribution in [1.29, 1.82) is 0 Å². The normalized spacial score (nSPS) is 12.2. The summed E-state index contributed by atoms with van der Waals surface area (Å²) in [6.45, 7) is -0.119. The Morgan fingerprint density at radius 1 is 1.25 bits per heavy atom. The summed E-state index contributed by atoms with van der Waals surface area (Å²) in [4.78, 5) is 0. The lowest BCUT2D eigenvalue weighted by molar-refractivity contribution is 0.266. The number of aliphatic hydroxyl groups excluding tert-OH is 1. The van der Waals surface area contributed by atoms with Gasteiger partial charge in [-0.25, -0.2) is 4.39 Å². The van der Waals surface area contributed by atoms with Crippen LogP contribution in [0.4, 0.5) is 4.39 Å². The van der Waals surface area contributed by atoms with Gasteiger partial charge in [0.1, 0.15) is 18.2 Å². The molecule has 0 aliphatic heterocycles. The van der Waals surface area contributed by atoms with Crippen molar-refractivity contribution < 1.29 is 14.2 Å². The largest absolute Gasteiger partial charge is 0.489 e. The van der Waals surface area contributed by atoms with E-state index in [9.17, 15) is 4.39 Å². The monoisotopic (exact) mass is 295 g/mol. The van der Waals surface area contributed by atoms with Crippen LogP contribution in [0.3, 0.4) is 0 Å². The molecule has 3 N–H and O–H groups in total. The van der Waals surface area contributed by atoms with Gasteiger partial charge < -0.3 is 15.6 Å². The van der Waals surface area contributed by atoms with Crippen molar-refractivity contribution in [3.63, 3.8) is 0 Å². The van der Waals surface area contributed by atoms with Crippen molar-refractivity contribution in [1.82, 2.24) is 0 Å². The van der Waals surface area contributed by atoms with Gasteiger partial charge in [0.25, 0.3) is 0 Å². The maximum atomic E-state index is 13.6. The average Bonchev–Trinajstić information content (AvgIpc) is 2.46. The number of benzene rings is 2. The number of aliphatic hydroxyl groups is 1. The lowest BCUT2D eigenvalue weighted by Crippen LogP contribution is -2.14. The summed E-state index contributed by atoms with van der Waals surface area (Å²) in [5.41, 5.74) is 6.80. The van der Waals surface area contributed by atoms with Crippen molar-refractivity contribution in [3.8, 4) is 5.75 Å². The molecular weight excluding hydrogens is 281 g/mol. The van der Waals surface area contributed by atoms with Crippen LogP contribution < -0.4 is 10.5 Å². The lowest BCUT2D eigenvalue weighted by Gasteiger charge is -2.12. The number of hydrogen-bond donors (Lipinski definition) is 2. The van der Waals surface area contributed by atoms with Crippen LogP contribution >= 0.6 is 11.6 Å². The lowest BCUT2D eigenvalue weighted by atomic mass is 10.1. The molecule has 2 aromatic carbocycles. The van der Waals surface area contributed by atoms with Crippen LogP contribution in [0.2, 0.25) is 5.02 Å². The molecule has 0 fully saturated rings. The van der Waals surface area contributed by atoms with E-state index in [1.54, 1.807) is 36.4 Å². The summed E-state index contributed by atoms with van der Waals surface area (Å²) in [5.74, 6) is 0.145. The van der Waals surface area contributed by atoms with Crippen molar-refractivity contribution >= 4 is 11.6 Å². The van der Waals surface area contributed by atoms with E-state index in [1.165, 1.54) is 6.07 Å². The molecule has 0 spiro atoms. The molecular formula is C15H15ClFNO2. The van der Waals surface area contributed by atoms with E-state index in [2.05, 4.69) is 0 Å². The molecule has 2 aromatic rings. The number of ether oxygens (including phenoxy) is 1. The van der Waals surface area contributed by atoms with Gasteiger partial charge in [0, 0.05) is 5.56 Å². The summed E-state index contributed by atoms with van der Waals surface area (Å²) >= 11 is 5.93. The summed E-state index contributed by atoms with van der Waals surface area (Å²) in [7, 11) is 0. The Bertz CT molecular complexity index is 572. The Morgan fingerprint density at radius 3 is 2.70 bits per heavy atom. The molecule has 5 heteroatoms. The number of rotatable bonds is 5. The maximum absolute atomic E-state index is 13.6. The third kappa shape index (κ3) is 3.48. The second-order valence-electron chi connectivity index (χ2n) is 4.35. The highest BCUT2D eigenvalue weighted by molar-refractivity contribution is 6.31. The fourth-order valence-corrected chi connectivity index (χ4v) is 1.98. The van der Waals surface area contributed by atoms with E-state index in [1.807, 2.05) is 0 Å². The van der Waals surface area contributed by atoms with Gasteiger partial charge >= 0.3 is 0 Å². The number of halogens is 2. The second kappa shape index (κ2) is 6.70. The highest BCUT2D eigenvalue weighted by Gasteiger charge is 2.09. The highest BCUT2D eigenvalue weighted by atomic mass is 35.5. The SMILES string of the molecule is N[C@H](CO)c1cccc(OCc2c(F)cccc2Cl)c1. The quantitative estimate of drug-likeness (QED) is 0.891. The Morgan fingerprint density at radius 2 is 2.00 bits per heavy atom. The fourth-order valence-electron chi connectivity index (χ4n) is 1.77. The Hall–Kier alpha value is -1.62. The summed E-state index contributed by atoms with van der Waals surface area (Å²) < 4.78 is 19.1. The van der Waals surface area contributed by atoms with E-state index >= 15 is 0 Å². The van der Waals surface area contributed by atoms with Crippen LogP contribution in [0.15, 0.2) is 42.5 Å². The molecule has 0 aliphatic carbocycles. The first-order valence-corrected chi connectivity index (χ1v) is 6.51. The van der Waals surface area contributed by atoms with E-state index < -0.39 is 11.9 Å². The molecule has 0 aliphatic rings. The van der Waals surface area contributed by atoms with Crippen LogP contribution in [0.1, 0.15) is 17.2 Å². The zero-order valence-electron chi connectivity index (χ0n) is 10.7. The average molecular weight is 296 g/mol. The summed E-state index contributed by atoms with van der Waals surface area (Å²) in [6, 6.07) is 11.0. The van der Waals surface area contributed by atoms with Gasteiger partial charge in [-0.05, 0) is 29.8 Å². The first-order chi connectivity index (χ1) is 9.61. The first kappa shape index (κ1) is 14.8. The molecule has 0 radical (unpaired) electrons. The standard InChI is InChI=1S/C15H15ClFNO2/c16-13-5-2-6-14(17)12(13)9-20-11-4-1-3-10(7-11)15(18)8-19/h1-7,15,19H,8-9,18H2/t15-/m1/s1. The minimum absolute atomic E-state index is 0.0311. The Labute approximate surface area is 121 Å². The number of nitrogens with two attached hydrogens (primary N) is 1. The van der Waals surface area contributed by atoms with E-state index in [4.69, 9.17) is 27.2 Å². The molecule has 0 aromatic heterocycles. The topological polar surface area (TPSA) is 55.5 Å². The molecule has 0 saturated heterocycles. The summed E-state index contributed by atoms with van der Waals surface area (Å²) in [6.07, 6.45) is 0. The maximum Gasteiger partial charge on any atom is 0.131 e. The second-order valence-corrected chi connectivity index (χ2v) is 4.76. The van der Waals surface area contributed by atoms with Gasteiger partial charge in [-0.3, -0.25) is 0 Å². The highest BCUT2D eigenvalue weighted by Crippen LogP contribution is 2.23. The Kier molecular flexibility index (Phi) is 4.95. The van der Waals surface area contributed by atoms with Gasteiger partial charge in [-0.15, -0.1) is 0 Å². The predicted octanol–water partition coefficient (Wildman–Crippen LogP) is 3.05. The van der Waals surface area contributed by atoms with Crippen molar-refractivity contribution in [3.05, 3.63) is 64.4 Å². The molecule has 0 bridgehead atoms. The minimum atomic E-state index is -0.462. The fraction of sp³-hybridized carbons (Fsp3) is 0.200. The van der Waals surface area contributed by atoms with Crippen LogP contribution in [0.25, 0.3) is 0 Å². The van der Waals surface area contributed by atoms with Gasteiger partial charge in [-0.2, -0.15) is 0 Å². The molecule has 0 amide bonds. The van der Waals surface area contributed by atoms with Crippen molar-refractivity contribution in [2.45, 2.75) is 12.6 Å². The molecule has 106 valence electrons. The number of hydrogen-bond acceptors (Lipinski definition) is 3. The molecule has 2 rings (SSSR count). The van der Waals surface area contributed by atoms with Gasteiger partial charge in [-0.1, -0.05) is 29.8 Å². The van der Waals surface area contributed by atoms with E-state index in [0.29, 0.717) is 16.3 Å². The van der Waals surface area contributed by atoms with Gasteiger partial charge in [0.15, 0.2) is 0 Å². The molecule has 0 unspecified atom stereocenters. The van der Waals surface area contributed by atoms with Gasteiger partial charge in [0.05, 0.1) is 17.7 Å². The van der Waals surface area contributed by atoms with Crippen molar-refractivity contribution in [2.75, 3.05) is 6.61 Å². The molecule has 0 heterocycles. The van der Waals surface area contributed by atoms with Crippen LogP contribution in [-0.2, 0) is 6.61 Å². The first-order valence-electron chi connectivity index (χ1n) is 6.14. The van der Waals surface area contributed by atoms with E-state index in [-0.39, 0.29) is 13.2 Å². The third-order valence-electron chi connectivity index (χ3n) is 2.93. The molecule has 3 nitrogen and oxygen atoms in total. The Balaban J connectivity index is 2.11. The third-order valence-corrected chi connectivity index (χ3v) is 3.28. The summed E-state index contributed by atoms with van der Waals surface area (Å²) in [5, 5.41) is 9.35. The molecule has 20 heavy (non-hydrogen) atoms. The van der Waals surface area contributed by atoms with Crippen LogP contribution in [0.5, 0.6) is 5.75 Å². The minimum Gasteiger partial charge on any atom is -0.489 e. The zero-order valence-corrected chi connectivity index (χ0v) is 11.5. The van der Waals surface area contributed by atoms with Crippen LogP contribution in [0, 0.1) is 5.82 Å². The smallest absolute Gasteiger partial charge is 0.131 e. The van der Waals surface area contributed by atoms with Crippen molar-refractivity contribution in [2.24, 2.45) is 5.73 Å². The van der Waals surface area contributed by atoms with E-state index in [0.717, 1.165) is 5.56 Å². The molecule has 1 atom stereocenters. The zero-order chi connectivity index (χ0) is 14.5. The van der Waals surface area contributed by atoms with Crippen LogP contribution in [-0.4, -0.2) is 11.7 Å². The van der Waals surface area contributed by atoms with Gasteiger partial charge in [0.2, 0.25) is 0 Å². The predicted molar refractivity (Wildman–Crippen MR) is 76.2 cm³/mol. The molecule has 0 saturated carbocycles.